The summed E-state index contributed by atoms with van der Waals surface area (Å²) in [5.41, 5.74) is 1.75. The Bertz CT molecular complexity index is 1280. The van der Waals surface area contributed by atoms with Gasteiger partial charge in [0.1, 0.15) is 5.69 Å². The molecule has 222 valence electrons. The fourth-order valence-electron chi connectivity index (χ4n) is 4.52. The Balaban J connectivity index is 1.17. The molecular formula is C29H35F2N3O7. The van der Waals surface area contributed by atoms with Gasteiger partial charge in [0, 0.05) is 44.2 Å². The Morgan fingerprint density at radius 2 is 1.29 bits per heavy atom. The van der Waals surface area contributed by atoms with E-state index in [2.05, 4.69) is 0 Å². The van der Waals surface area contributed by atoms with Crippen molar-refractivity contribution < 1.29 is 42.4 Å². The van der Waals surface area contributed by atoms with E-state index in [-0.39, 0.29) is 50.9 Å². The van der Waals surface area contributed by atoms with E-state index in [9.17, 15) is 18.4 Å². The van der Waals surface area contributed by atoms with Crippen LogP contribution in [0.25, 0.3) is 10.9 Å². The van der Waals surface area contributed by atoms with Gasteiger partial charge in [0.2, 0.25) is 0 Å². The zero-order chi connectivity index (χ0) is 29.0. The topological polar surface area (TPSA) is 103 Å². The number of fused-ring (bicyclic) bond motifs is 1. The maximum Gasteiger partial charge on any atom is 0.407 e. The van der Waals surface area contributed by atoms with Gasteiger partial charge in [0.25, 0.3) is 5.91 Å². The summed E-state index contributed by atoms with van der Waals surface area (Å²) >= 11 is 0. The summed E-state index contributed by atoms with van der Waals surface area (Å²) in [6, 6.07) is 13.6. The third kappa shape index (κ3) is 8.70. The number of carbonyl (C=O) groups excluding carboxylic acids is 1. The predicted molar refractivity (Wildman–Crippen MR) is 146 cm³/mol. The molecule has 12 heteroatoms. The Hall–Kier alpha value is -3.58. The lowest BCUT2D eigenvalue weighted by atomic mass is 10.2. The molecule has 1 N–H and O–H groups in total. The van der Waals surface area contributed by atoms with Crippen LogP contribution in [0.4, 0.5) is 13.6 Å². The highest BCUT2D eigenvalue weighted by atomic mass is 19.2. The van der Waals surface area contributed by atoms with Gasteiger partial charge >= 0.3 is 6.09 Å². The molecule has 0 radical (unpaired) electrons. The molecule has 2 heterocycles. The summed E-state index contributed by atoms with van der Waals surface area (Å²) in [6.07, 6.45) is -1.03. The van der Waals surface area contributed by atoms with Gasteiger partial charge in [-0.2, -0.15) is 0 Å². The minimum atomic E-state index is -1.03. The highest BCUT2D eigenvalue weighted by molar-refractivity contribution is 5.99. The minimum absolute atomic E-state index is 0.195. The fourth-order valence-corrected chi connectivity index (χ4v) is 4.52. The maximum atomic E-state index is 14.1. The van der Waals surface area contributed by atoms with E-state index in [0.29, 0.717) is 57.2 Å². The number of benzene rings is 2. The molecule has 1 aliphatic heterocycles. The Kier molecular flexibility index (Phi) is 11.4. The number of halogens is 2. The molecule has 1 aromatic heterocycles. The molecular weight excluding hydrogens is 540 g/mol. The van der Waals surface area contributed by atoms with Crippen molar-refractivity contribution in [2.75, 3.05) is 72.4 Å². The van der Waals surface area contributed by atoms with Crippen LogP contribution in [0.3, 0.4) is 0 Å². The van der Waals surface area contributed by atoms with Crippen LogP contribution in [0, 0.1) is 11.6 Å². The summed E-state index contributed by atoms with van der Waals surface area (Å²) in [4.78, 5) is 27.3. The number of piperazine rings is 1. The molecule has 4 rings (SSSR count). The monoisotopic (exact) mass is 575 g/mol. The van der Waals surface area contributed by atoms with Gasteiger partial charge in [-0.15, -0.1) is 0 Å². The standard InChI is InChI=1S/C29H35F2N3O7/c30-24-18-23-19-27(28(35)32-6-8-33(9-7-32)29(36)37)34(26(23)20-25(24)31)10-11-38-12-13-39-14-15-40-16-17-41-21-22-4-2-1-3-5-22/h1-5,18-20H,6-17,21H2,(H,36,37). The summed E-state index contributed by atoms with van der Waals surface area (Å²) in [5, 5.41) is 9.55. The summed E-state index contributed by atoms with van der Waals surface area (Å²) in [5.74, 6) is -2.34. The third-order valence-corrected chi connectivity index (χ3v) is 6.69. The molecule has 0 saturated carbocycles. The van der Waals surface area contributed by atoms with E-state index in [1.54, 1.807) is 9.47 Å². The van der Waals surface area contributed by atoms with Gasteiger partial charge in [-0.05, 0) is 17.7 Å². The lowest BCUT2D eigenvalue weighted by Crippen LogP contribution is -2.50. The normalized spacial score (nSPS) is 13.7. The average Bonchev–Trinajstić information content (AvgIpc) is 3.32. The van der Waals surface area contributed by atoms with E-state index >= 15 is 0 Å². The van der Waals surface area contributed by atoms with Crippen molar-refractivity contribution in [3.8, 4) is 0 Å². The van der Waals surface area contributed by atoms with Gasteiger partial charge in [-0.25, -0.2) is 13.6 Å². The zero-order valence-electron chi connectivity index (χ0n) is 22.8. The first-order valence-electron chi connectivity index (χ1n) is 13.5. The first-order chi connectivity index (χ1) is 19.9. The van der Waals surface area contributed by atoms with Gasteiger partial charge in [-0.3, -0.25) is 4.79 Å². The predicted octanol–water partition coefficient (Wildman–Crippen LogP) is 3.62. The highest BCUT2D eigenvalue weighted by Crippen LogP contribution is 2.24. The zero-order valence-corrected chi connectivity index (χ0v) is 22.8. The fraction of sp³-hybridized carbons (Fsp3) is 0.448. The molecule has 0 unspecified atom stereocenters. The SMILES string of the molecule is O=C(O)N1CCN(C(=O)c2cc3cc(F)c(F)cc3n2CCOCCOCCOCCOCc2ccccc2)CC1. The van der Waals surface area contributed by atoms with Crippen LogP contribution < -0.4 is 0 Å². The number of nitrogens with zero attached hydrogens (tertiary/aromatic N) is 3. The number of amides is 2. The second-order valence-electron chi connectivity index (χ2n) is 9.44. The van der Waals surface area contributed by atoms with E-state index in [4.69, 9.17) is 24.1 Å². The van der Waals surface area contributed by atoms with Crippen molar-refractivity contribution in [2.45, 2.75) is 13.2 Å². The Morgan fingerprint density at radius 1 is 0.732 bits per heavy atom. The molecule has 41 heavy (non-hydrogen) atoms. The van der Waals surface area contributed by atoms with Gasteiger partial charge in [-0.1, -0.05) is 30.3 Å². The van der Waals surface area contributed by atoms with Crippen LogP contribution in [0.1, 0.15) is 16.1 Å². The minimum Gasteiger partial charge on any atom is -0.465 e. The molecule has 2 aromatic carbocycles. The third-order valence-electron chi connectivity index (χ3n) is 6.69. The number of hydrogen-bond acceptors (Lipinski definition) is 6. The Morgan fingerprint density at radius 3 is 1.93 bits per heavy atom. The van der Waals surface area contributed by atoms with Crippen LogP contribution in [0.15, 0.2) is 48.5 Å². The van der Waals surface area contributed by atoms with Crippen molar-refractivity contribution in [1.29, 1.82) is 0 Å². The molecule has 0 aliphatic carbocycles. The van der Waals surface area contributed by atoms with Gasteiger partial charge < -0.3 is 38.4 Å². The van der Waals surface area contributed by atoms with E-state index in [1.165, 1.54) is 11.0 Å². The lowest BCUT2D eigenvalue weighted by molar-refractivity contribution is -0.00473. The number of carboxylic acid groups (broad SMARTS) is 1. The largest absolute Gasteiger partial charge is 0.465 e. The van der Waals surface area contributed by atoms with Crippen molar-refractivity contribution in [3.63, 3.8) is 0 Å². The second kappa shape index (κ2) is 15.4. The number of ether oxygens (including phenoxy) is 4. The second-order valence-corrected chi connectivity index (χ2v) is 9.44. The highest BCUT2D eigenvalue weighted by Gasteiger charge is 2.27. The first-order valence-corrected chi connectivity index (χ1v) is 13.5. The van der Waals surface area contributed by atoms with Crippen LogP contribution in [-0.2, 0) is 32.1 Å². The van der Waals surface area contributed by atoms with E-state index in [1.807, 2.05) is 30.3 Å². The molecule has 3 aromatic rings. The molecule has 1 fully saturated rings. The lowest BCUT2D eigenvalue weighted by Gasteiger charge is -2.33. The summed E-state index contributed by atoms with van der Waals surface area (Å²) < 4.78 is 51.8. The van der Waals surface area contributed by atoms with Crippen molar-refractivity contribution in [2.24, 2.45) is 0 Å². The smallest absolute Gasteiger partial charge is 0.407 e. The Labute approximate surface area is 236 Å². The number of carbonyl (C=O) groups is 2. The molecule has 1 saturated heterocycles. The van der Waals surface area contributed by atoms with Gasteiger partial charge in [0.05, 0.1) is 58.4 Å². The van der Waals surface area contributed by atoms with Crippen LogP contribution in [0.2, 0.25) is 0 Å². The molecule has 1 aliphatic rings. The molecule has 2 amide bonds. The number of rotatable bonds is 15. The van der Waals surface area contributed by atoms with Crippen molar-refractivity contribution in [3.05, 3.63) is 71.4 Å². The molecule has 0 atom stereocenters. The van der Waals surface area contributed by atoms with Crippen LogP contribution >= 0.6 is 0 Å². The maximum absolute atomic E-state index is 14.1. The summed E-state index contributed by atoms with van der Waals surface area (Å²) in [7, 11) is 0. The molecule has 0 spiro atoms. The van der Waals surface area contributed by atoms with Crippen LogP contribution in [0.5, 0.6) is 0 Å². The quantitative estimate of drug-likeness (QED) is 0.276. The van der Waals surface area contributed by atoms with Crippen molar-refractivity contribution in [1.82, 2.24) is 14.4 Å². The number of aromatic nitrogens is 1. The number of hydrogen-bond donors (Lipinski definition) is 1. The average molecular weight is 576 g/mol. The molecule has 10 nitrogen and oxygen atoms in total. The first kappa shape index (κ1) is 30.4. The van der Waals surface area contributed by atoms with Crippen LogP contribution in [-0.4, -0.2) is 104 Å². The van der Waals surface area contributed by atoms with Gasteiger partial charge in [0.15, 0.2) is 11.6 Å². The summed E-state index contributed by atoms with van der Waals surface area (Å²) in [6.45, 7) is 4.30. The van der Waals surface area contributed by atoms with Crippen molar-refractivity contribution >= 4 is 22.9 Å². The van der Waals surface area contributed by atoms with E-state index in [0.717, 1.165) is 17.7 Å². The van der Waals surface area contributed by atoms with E-state index < -0.39 is 17.7 Å². The molecule has 0 bridgehead atoms.